The van der Waals surface area contributed by atoms with E-state index >= 15 is 0 Å². The standard InChI is InChI=1S/C18H22N2O5/c1-3-24-17(22)12-6-7-15-13(10-12)16(19-8-5-9-21)14(11-20-15)18(23)25-4-2/h6-7,10-11,21H,3-5,8-9H2,1-2H3,(H,19,20)/p+1. The molecule has 1 aromatic carbocycles. The van der Waals surface area contributed by atoms with Gasteiger partial charge in [0.25, 0.3) is 0 Å². The highest BCUT2D eigenvalue weighted by atomic mass is 16.5. The van der Waals surface area contributed by atoms with Crippen molar-refractivity contribution >= 4 is 28.5 Å². The molecule has 2 aromatic rings. The van der Waals surface area contributed by atoms with Gasteiger partial charge in [-0.1, -0.05) is 0 Å². The molecular formula is C18H23N2O5+. The Morgan fingerprint density at radius 1 is 1.16 bits per heavy atom. The summed E-state index contributed by atoms with van der Waals surface area (Å²) in [5.74, 6) is -0.888. The van der Waals surface area contributed by atoms with E-state index < -0.39 is 11.9 Å². The number of H-pyrrole nitrogens is 1. The number of rotatable bonds is 8. The molecule has 0 spiro atoms. The minimum atomic E-state index is -0.464. The molecule has 134 valence electrons. The highest BCUT2D eigenvalue weighted by Crippen LogP contribution is 2.26. The van der Waals surface area contributed by atoms with Crippen LogP contribution in [0.1, 0.15) is 41.0 Å². The number of carbonyl (C=O) groups excluding carboxylic acids is 2. The highest BCUT2D eigenvalue weighted by molar-refractivity contribution is 6.05. The number of benzene rings is 1. The van der Waals surface area contributed by atoms with Crippen LogP contribution in [-0.4, -0.2) is 43.4 Å². The number of ether oxygens (including phenoxy) is 2. The quantitative estimate of drug-likeness (QED) is 0.558. The molecule has 3 N–H and O–H groups in total. The normalized spacial score (nSPS) is 10.5. The fourth-order valence-corrected chi connectivity index (χ4v) is 2.44. The molecule has 2 rings (SSSR count). The maximum Gasteiger partial charge on any atom is 0.346 e. The predicted molar refractivity (Wildman–Crippen MR) is 92.6 cm³/mol. The Hall–Kier alpha value is -2.67. The monoisotopic (exact) mass is 347 g/mol. The largest absolute Gasteiger partial charge is 0.462 e. The second-order valence-electron chi connectivity index (χ2n) is 5.28. The number of aromatic nitrogens is 1. The maximum absolute atomic E-state index is 12.2. The molecule has 0 radical (unpaired) electrons. The molecule has 0 aliphatic rings. The van der Waals surface area contributed by atoms with Crippen LogP contribution in [-0.2, 0) is 9.47 Å². The second-order valence-corrected chi connectivity index (χ2v) is 5.28. The Bertz CT molecular complexity index is 755. The summed E-state index contributed by atoms with van der Waals surface area (Å²) in [4.78, 5) is 27.3. The summed E-state index contributed by atoms with van der Waals surface area (Å²) in [6, 6.07) is 5.10. The van der Waals surface area contributed by atoms with Crippen LogP contribution in [0.3, 0.4) is 0 Å². The number of hydrogen-bond acceptors (Lipinski definition) is 6. The summed E-state index contributed by atoms with van der Waals surface area (Å²) in [6.07, 6.45) is 2.10. The lowest BCUT2D eigenvalue weighted by atomic mass is 10.1. The molecule has 1 aromatic heterocycles. The lowest BCUT2D eigenvalue weighted by Gasteiger charge is -2.12. The first kappa shape index (κ1) is 18.7. The third-order valence-electron chi connectivity index (χ3n) is 3.57. The van der Waals surface area contributed by atoms with E-state index in [9.17, 15) is 9.59 Å². The van der Waals surface area contributed by atoms with E-state index in [1.165, 1.54) is 0 Å². The molecule has 0 saturated carbocycles. The summed E-state index contributed by atoms with van der Waals surface area (Å²) >= 11 is 0. The van der Waals surface area contributed by atoms with Crippen molar-refractivity contribution in [2.24, 2.45) is 0 Å². The average molecular weight is 347 g/mol. The number of aliphatic hydroxyl groups is 1. The van der Waals surface area contributed by atoms with E-state index in [1.807, 2.05) is 0 Å². The van der Waals surface area contributed by atoms with E-state index in [0.29, 0.717) is 35.2 Å². The second kappa shape index (κ2) is 8.98. The molecule has 0 aliphatic heterocycles. The number of pyridine rings is 1. The van der Waals surface area contributed by atoms with Crippen LogP contribution in [0, 0.1) is 0 Å². The minimum absolute atomic E-state index is 0.0344. The van der Waals surface area contributed by atoms with Crippen molar-refractivity contribution in [3.63, 3.8) is 0 Å². The first-order chi connectivity index (χ1) is 12.1. The Morgan fingerprint density at radius 2 is 1.88 bits per heavy atom. The molecule has 0 atom stereocenters. The Kier molecular flexibility index (Phi) is 6.71. The van der Waals surface area contributed by atoms with Gasteiger partial charge in [0.15, 0.2) is 6.20 Å². The minimum Gasteiger partial charge on any atom is -0.462 e. The summed E-state index contributed by atoms with van der Waals surface area (Å²) in [5.41, 5.74) is 2.06. The summed E-state index contributed by atoms with van der Waals surface area (Å²) in [6.45, 7) is 4.54. The van der Waals surface area contributed by atoms with E-state index in [0.717, 1.165) is 5.52 Å². The van der Waals surface area contributed by atoms with E-state index in [4.69, 9.17) is 14.6 Å². The zero-order chi connectivity index (χ0) is 18.2. The summed E-state index contributed by atoms with van der Waals surface area (Å²) in [5, 5.41) is 12.8. The first-order valence-electron chi connectivity index (χ1n) is 8.29. The van der Waals surface area contributed by atoms with Crippen LogP contribution in [0.15, 0.2) is 24.4 Å². The van der Waals surface area contributed by atoms with Gasteiger partial charge in [-0.3, -0.25) is 0 Å². The average Bonchev–Trinajstić information content (AvgIpc) is 2.61. The number of carbonyl (C=O) groups is 2. The van der Waals surface area contributed by atoms with Gasteiger partial charge in [0.2, 0.25) is 5.52 Å². The zero-order valence-electron chi connectivity index (χ0n) is 14.4. The van der Waals surface area contributed by atoms with Crippen LogP contribution in [0.2, 0.25) is 0 Å². The van der Waals surface area contributed by atoms with Crippen molar-refractivity contribution in [1.29, 1.82) is 0 Å². The number of aromatic amines is 1. The number of aliphatic hydroxyl groups excluding tert-OH is 1. The van der Waals surface area contributed by atoms with Crippen molar-refractivity contribution in [1.82, 2.24) is 0 Å². The van der Waals surface area contributed by atoms with Crippen LogP contribution in [0.4, 0.5) is 5.69 Å². The van der Waals surface area contributed by atoms with Gasteiger partial charge in [-0.15, -0.1) is 0 Å². The lowest BCUT2D eigenvalue weighted by molar-refractivity contribution is -0.344. The van der Waals surface area contributed by atoms with Crippen molar-refractivity contribution < 1.29 is 29.2 Å². The van der Waals surface area contributed by atoms with Crippen molar-refractivity contribution in [3.8, 4) is 0 Å². The lowest BCUT2D eigenvalue weighted by Crippen LogP contribution is -2.17. The van der Waals surface area contributed by atoms with Crippen LogP contribution in [0.5, 0.6) is 0 Å². The maximum atomic E-state index is 12.2. The third kappa shape index (κ3) is 4.45. The van der Waals surface area contributed by atoms with Gasteiger partial charge in [0.05, 0.1) is 29.9 Å². The SMILES string of the molecule is CCOC(=O)c1ccc2[nH+]cc(C(=O)OCC)c(NCCCO)c2c1. The molecule has 0 unspecified atom stereocenters. The predicted octanol–water partition coefficient (Wildman–Crippen LogP) is 1.80. The molecule has 0 amide bonds. The Balaban J connectivity index is 2.53. The number of anilines is 1. The van der Waals surface area contributed by atoms with Crippen LogP contribution < -0.4 is 10.3 Å². The molecular weight excluding hydrogens is 324 g/mol. The third-order valence-corrected chi connectivity index (χ3v) is 3.57. The van der Waals surface area contributed by atoms with E-state index in [1.54, 1.807) is 38.2 Å². The van der Waals surface area contributed by atoms with Gasteiger partial charge in [-0.2, -0.15) is 0 Å². The molecule has 7 heteroatoms. The molecule has 0 bridgehead atoms. The Morgan fingerprint density at radius 3 is 2.56 bits per heavy atom. The molecule has 0 aliphatic carbocycles. The molecule has 1 heterocycles. The molecule has 25 heavy (non-hydrogen) atoms. The van der Waals surface area contributed by atoms with Crippen LogP contribution >= 0.6 is 0 Å². The number of hydrogen-bond donors (Lipinski definition) is 2. The van der Waals surface area contributed by atoms with Gasteiger partial charge in [0.1, 0.15) is 5.56 Å². The topological polar surface area (TPSA) is 99.0 Å². The summed E-state index contributed by atoms with van der Waals surface area (Å²) < 4.78 is 10.1. The van der Waals surface area contributed by atoms with Crippen molar-refractivity contribution in [3.05, 3.63) is 35.5 Å². The van der Waals surface area contributed by atoms with Crippen molar-refractivity contribution in [2.75, 3.05) is 31.7 Å². The molecule has 7 nitrogen and oxygen atoms in total. The van der Waals surface area contributed by atoms with Gasteiger partial charge in [-0.25, -0.2) is 14.6 Å². The summed E-state index contributed by atoms with van der Waals surface area (Å²) in [7, 11) is 0. The fraction of sp³-hybridized carbons (Fsp3) is 0.389. The van der Waals surface area contributed by atoms with Crippen LogP contribution in [0.25, 0.3) is 10.9 Å². The van der Waals surface area contributed by atoms with Gasteiger partial charge in [0, 0.05) is 19.2 Å². The zero-order valence-corrected chi connectivity index (χ0v) is 14.4. The van der Waals surface area contributed by atoms with Gasteiger partial charge < -0.3 is 19.9 Å². The highest BCUT2D eigenvalue weighted by Gasteiger charge is 2.21. The van der Waals surface area contributed by atoms with E-state index in [2.05, 4.69) is 10.3 Å². The number of fused-ring (bicyclic) bond motifs is 1. The molecule has 0 saturated heterocycles. The Labute approximate surface area is 146 Å². The van der Waals surface area contributed by atoms with E-state index in [-0.39, 0.29) is 19.8 Å². The molecule has 0 fully saturated rings. The fourth-order valence-electron chi connectivity index (χ4n) is 2.44. The van der Waals surface area contributed by atoms with Crippen molar-refractivity contribution in [2.45, 2.75) is 20.3 Å². The van der Waals surface area contributed by atoms with Gasteiger partial charge in [-0.05, 0) is 32.4 Å². The first-order valence-corrected chi connectivity index (χ1v) is 8.29. The number of esters is 2. The smallest absolute Gasteiger partial charge is 0.346 e. The number of nitrogens with one attached hydrogen (secondary N) is 2. The van der Waals surface area contributed by atoms with Gasteiger partial charge >= 0.3 is 11.9 Å².